The SMILES string of the molecule is CN=C(NCCNc1nccc(C(F)(F)F)n1)N1CCC(CN2CCCC2)C1.I. The van der Waals surface area contributed by atoms with Crippen molar-refractivity contribution in [2.45, 2.75) is 25.4 Å². The lowest BCUT2D eigenvalue weighted by atomic mass is 10.1. The first-order valence-electron chi connectivity index (χ1n) is 9.78. The Morgan fingerprint density at radius 1 is 1.24 bits per heavy atom. The molecule has 2 saturated heterocycles. The maximum atomic E-state index is 12.7. The summed E-state index contributed by atoms with van der Waals surface area (Å²) in [7, 11) is 1.75. The van der Waals surface area contributed by atoms with Crippen LogP contribution in [-0.2, 0) is 6.18 Å². The molecule has 3 rings (SSSR count). The minimum atomic E-state index is -4.47. The lowest BCUT2D eigenvalue weighted by Crippen LogP contribution is -2.42. The quantitative estimate of drug-likeness (QED) is 0.257. The van der Waals surface area contributed by atoms with E-state index < -0.39 is 11.9 Å². The lowest BCUT2D eigenvalue weighted by molar-refractivity contribution is -0.141. The third kappa shape index (κ3) is 7.12. The molecule has 0 radical (unpaired) electrons. The third-order valence-electron chi connectivity index (χ3n) is 5.15. The molecule has 11 heteroatoms. The van der Waals surface area contributed by atoms with Crippen LogP contribution in [0.25, 0.3) is 0 Å². The van der Waals surface area contributed by atoms with E-state index in [1.165, 1.54) is 25.9 Å². The number of nitrogens with one attached hydrogen (secondary N) is 2. The first-order valence-corrected chi connectivity index (χ1v) is 9.78. The summed E-state index contributed by atoms with van der Waals surface area (Å²) < 4.78 is 38.1. The molecule has 1 atom stereocenters. The fourth-order valence-electron chi connectivity index (χ4n) is 3.79. The van der Waals surface area contributed by atoms with Crippen LogP contribution in [0.5, 0.6) is 0 Å². The summed E-state index contributed by atoms with van der Waals surface area (Å²) in [5.41, 5.74) is -0.949. The maximum Gasteiger partial charge on any atom is 0.433 e. The van der Waals surface area contributed by atoms with Crippen LogP contribution in [0.15, 0.2) is 17.3 Å². The van der Waals surface area contributed by atoms with Gasteiger partial charge >= 0.3 is 6.18 Å². The molecule has 0 bridgehead atoms. The Morgan fingerprint density at radius 3 is 2.69 bits per heavy atom. The summed E-state index contributed by atoms with van der Waals surface area (Å²) in [6, 6.07) is 0.858. The van der Waals surface area contributed by atoms with E-state index >= 15 is 0 Å². The summed E-state index contributed by atoms with van der Waals surface area (Å²) in [5.74, 6) is 1.46. The van der Waals surface area contributed by atoms with Gasteiger partial charge in [0.15, 0.2) is 5.96 Å². The number of aromatic nitrogens is 2. The van der Waals surface area contributed by atoms with Gasteiger partial charge in [-0.05, 0) is 44.3 Å². The van der Waals surface area contributed by atoms with Gasteiger partial charge in [-0.3, -0.25) is 4.99 Å². The van der Waals surface area contributed by atoms with Crippen LogP contribution in [0.3, 0.4) is 0 Å². The third-order valence-corrected chi connectivity index (χ3v) is 5.15. The van der Waals surface area contributed by atoms with Crippen LogP contribution in [0, 0.1) is 5.92 Å². The first kappa shape index (κ1) is 23.9. The fourth-order valence-corrected chi connectivity index (χ4v) is 3.79. The van der Waals surface area contributed by atoms with Gasteiger partial charge in [0, 0.05) is 46.0 Å². The number of alkyl halides is 3. The molecule has 0 spiro atoms. The van der Waals surface area contributed by atoms with Crippen LogP contribution in [0.2, 0.25) is 0 Å². The molecule has 2 aliphatic heterocycles. The Morgan fingerprint density at radius 2 is 2.00 bits per heavy atom. The van der Waals surface area contributed by atoms with Gasteiger partial charge in [-0.2, -0.15) is 13.2 Å². The van der Waals surface area contributed by atoms with Crippen LogP contribution in [-0.4, -0.2) is 78.6 Å². The van der Waals surface area contributed by atoms with Gasteiger partial charge in [0.2, 0.25) is 5.95 Å². The fraction of sp³-hybridized carbons (Fsp3) is 0.722. The second-order valence-corrected chi connectivity index (χ2v) is 7.27. The summed E-state index contributed by atoms with van der Waals surface area (Å²) in [4.78, 5) is 16.5. The van der Waals surface area contributed by atoms with E-state index in [2.05, 4.69) is 35.4 Å². The highest BCUT2D eigenvalue weighted by atomic mass is 127. The van der Waals surface area contributed by atoms with Crippen molar-refractivity contribution < 1.29 is 13.2 Å². The number of likely N-dealkylation sites (tertiary alicyclic amines) is 2. The van der Waals surface area contributed by atoms with Crippen LogP contribution >= 0.6 is 24.0 Å². The van der Waals surface area contributed by atoms with E-state index in [-0.39, 0.29) is 29.9 Å². The number of aliphatic imine (C=N–C) groups is 1. The highest BCUT2D eigenvalue weighted by Gasteiger charge is 2.32. The van der Waals surface area contributed by atoms with Crippen molar-refractivity contribution in [1.29, 1.82) is 0 Å². The molecule has 2 fully saturated rings. The largest absolute Gasteiger partial charge is 0.433 e. The molecule has 0 aliphatic carbocycles. The molecule has 164 valence electrons. The zero-order chi connectivity index (χ0) is 20.0. The molecule has 1 unspecified atom stereocenters. The molecule has 0 saturated carbocycles. The predicted octanol–water partition coefficient (Wildman–Crippen LogP) is 2.52. The first-order chi connectivity index (χ1) is 13.5. The number of guanidine groups is 1. The average Bonchev–Trinajstić information content (AvgIpc) is 3.34. The van der Waals surface area contributed by atoms with Gasteiger partial charge in [-0.1, -0.05) is 0 Å². The van der Waals surface area contributed by atoms with Crippen molar-refractivity contribution in [3.63, 3.8) is 0 Å². The summed E-state index contributed by atoms with van der Waals surface area (Å²) in [6.07, 6.45) is 0.411. The molecule has 2 N–H and O–H groups in total. The molecule has 1 aromatic rings. The standard InChI is InChI=1S/C18H28F3N7.HI/c1-22-17(28-11-5-14(13-28)12-27-9-2-3-10-27)25-8-7-24-16-23-6-4-15(26-16)18(19,20)21;/h4,6,14H,2-3,5,7-13H2,1H3,(H,22,25)(H,23,24,26);1H. The molecule has 7 nitrogen and oxygen atoms in total. The highest BCUT2D eigenvalue weighted by Crippen LogP contribution is 2.27. The summed E-state index contributed by atoms with van der Waals surface area (Å²) >= 11 is 0. The van der Waals surface area contributed by atoms with Crippen molar-refractivity contribution in [2.75, 3.05) is 58.2 Å². The summed E-state index contributed by atoms with van der Waals surface area (Å²) in [5, 5.41) is 6.08. The number of hydrogen-bond donors (Lipinski definition) is 2. The predicted molar refractivity (Wildman–Crippen MR) is 118 cm³/mol. The molecule has 2 aliphatic rings. The van der Waals surface area contributed by atoms with Gasteiger partial charge < -0.3 is 20.4 Å². The number of rotatable bonds is 6. The van der Waals surface area contributed by atoms with Crippen LogP contribution < -0.4 is 10.6 Å². The van der Waals surface area contributed by atoms with Crippen LogP contribution in [0.4, 0.5) is 19.1 Å². The molecule has 3 heterocycles. The Balaban J connectivity index is 0.00000300. The Bertz CT molecular complexity index is 665. The van der Waals surface area contributed by atoms with Crippen LogP contribution in [0.1, 0.15) is 25.0 Å². The van der Waals surface area contributed by atoms with Gasteiger partial charge in [0.25, 0.3) is 0 Å². The number of hydrogen-bond acceptors (Lipinski definition) is 5. The topological polar surface area (TPSA) is 68.7 Å². The van der Waals surface area contributed by atoms with E-state index in [0.29, 0.717) is 19.0 Å². The number of anilines is 1. The van der Waals surface area contributed by atoms with Crippen molar-refractivity contribution in [1.82, 2.24) is 25.1 Å². The second kappa shape index (κ2) is 11.1. The number of halogens is 4. The van der Waals surface area contributed by atoms with Crippen molar-refractivity contribution >= 4 is 35.9 Å². The molecule has 1 aromatic heterocycles. The van der Waals surface area contributed by atoms with Gasteiger partial charge in [0.05, 0.1) is 0 Å². The second-order valence-electron chi connectivity index (χ2n) is 7.27. The van der Waals surface area contributed by atoms with Crippen molar-refractivity contribution in [3.05, 3.63) is 18.0 Å². The smallest absolute Gasteiger partial charge is 0.354 e. The zero-order valence-corrected chi connectivity index (χ0v) is 18.9. The van der Waals surface area contributed by atoms with Crippen molar-refractivity contribution in [2.24, 2.45) is 10.9 Å². The van der Waals surface area contributed by atoms with E-state index in [9.17, 15) is 13.2 Å². The average molecular weight is 527 g/mol. The Hall–Kier alpha value is -1.37. The normalized spacial score (nSPS) is 20.6. The monoisotopic (exact) mass is 527 g/mol. The minimum Gasteiger partial charge on any atom is -0.354 e. The molecule has 29 heavy (non-hydrogen) atoms. The molecular weight excluding hydrogens is 498 g/mol. The molecule has 0 amide bonds. The Kier molecular flexibility index (Phi) is 9.18. The minimum absolute atomic E-state index is 0. The Labute approximate surface area is 186 Å². The molecular formula is C18H29F3IN7. The number of nitrogens with zero attached hydrogens (tertiary/aromatic N) is 5. The van der Waals surface area contributed by atoms with Crippen molar-refractivity contribution in [3.8, 4) is 0 Å². The zero-order valence-electron chi connectivity index (χ0n) is 16.6. The molecule has 0 aromatic carbocycles. The van der Waals surface area contributed by atoms with E-state index in [1.54, 1.807) is 7.05 Å². The summed E-state index contributed by atoms with van der Waals surface area (Å²) in [6.45, 7) is 6.45. The van der Waals surface area contributed by atoms with Gasteiger partial charge in [-0.15, -0.1) is 24.0 Å². The van der Waals surface area contributed by atoms with Gasteiger partial charge in [-0.25, -0.2) is 9.97 Å². The van der Waals surface area contributed by atoms with E-state index in [4.69, 9.17) is 0 Å². The maximum absolute atomic E-state index is 12.7. The van der Waals surface area contributed by atoms with E-state index in [0.717, 1.165) is 44.3 Å². The van der Waals surface area contributed by atoms with E-state index in [1.807, 2.05) is 0 Å². The lowest BCUT2D eigenvalue weighted by Gasteiger charge is -2.23. The van der Waals surface area contributed by atoms with Gasteiger partial charge in [0.1, 0.15) is 5.69 Å². The highest BCUT2D eigenvalue weighted by molar-refractivity contribution is 14.0.